The van der Waals surface area contributed by atoms with Crippen molar-refractivity contribution in [1.29, 1.82) is 5.26 Å². The highest BCUT2D eigenvalue weighted by molar-refractivity contribution is 9.10. The second-order valence-corrected chi connectivity index (χ2v) is 6.83. The van der Waals surface area contributed by atoms with E-state index in [9.17, 15) is 10.1 Å². The summed E-state index contributed by atoms with van der Waals surface area (Å²) in [5.74, 6) is -0.207. The average molecular weight is 394 g/mol. The van der Waals surface area contributed by atoms with Crippen LogP contribution in [0.3, 0.4) is 0 Å². The molecule has 1 aromatic heterocycles. The van der Waals surface area contributed by atoms with E-state index in [4.69, 9.17) is 5.73 Å². The molecule has 0 radical (unpaired) electrons. The summed E-state index contributed by atoms with van der Waals surface area (Å²) in [7, 11) is 0. The van der Waals surface area contributed by atoms with E-state index in [0.29, 0.717) is 11.3 Å². The van der Waals surface area contributed by atoms with Crippen molar-refractivity contribution in [1.82, 2.24) is 4.57 Å². The Hall–Kier alpha value is -2.84. The smallest absolute Gasteiger partial charge is 0.211 e. The number of carbonyl (C=O) groups excluding carboxylic acids is 1. The predicted octanol–water partition coefficient (Wildman–Crippen LogP) is 4.54. The maximum atomic E-state index is 13.1. The first-order valence-corrected chi connectivity index (χ1v) is 8.50. The van der Waals surface area contributed by atoms with Crippen molar-refractivity contribution in [2.24, 2.45) is 0 Å². The number of halogens is 1. The SMILES string of the molecule is Cc1ccc(C(=O)c2c(N)c(C#N)cn2-c2ccc(Br)cc2C)cc1. The lowest BCUT2D eigenvalue weighted by Gasteiger charge is -2.12. The minimum atomic E-state index is -0.207. The number of anilines is 1. The van der Waals surface area contributed by atoms with Gasteiger partial charge in [0.15, 0.2) is 0 Å². The van der Waals surface area contributed by atoms with E-state index in [1.54, 1.807) is 22.9 Å². The third-order valence-corrected chi connectivity index (χ3v) is 4.61. The summed E-state index contributed by atoms with van der Waals surface area (Å²) in [5, 5.41) is 9.34. The highest BCUT2D eigenvalue weighted by Gasteiger charge is 2.22. The lowest BCUT2D eigenvalue weighted by molar-refractivity contribution is 0.103. The maximum absolute atomic E-state index is 13.1. The third kappa shape index (κ3) is 3.09. The number of nitrogens with zero attached hydrogens (tertiary/aromatic N) is 2. The van der Waals surface area contributed by atoms with E-state index in [1.807, 2.05) is 44.2 Å². The molecule has 4 nitrogen and oxygen atoms in total. The summed E-state index contributed by atoms with van der Waals surface area (Å²) < 4.78 is 2.65. The number of aryl methyl sites for hydroxylation is 2. The number of nitrogens with two attached hydrogens (primary N) is 1. The number of ketones is 1. The van der Waals surface area contributed by atoms with E-state index < -0.39 is 0 Å². The second kappa shape index (κ2) is 6.58. The van der Waals surface area contributed by atoms with Crippen LogP contribution >= 0.6 is 15.9 Å². The summed E-state index contributed by atoms with van der Waals surface area (Å²) in [6, 6.07) is 15.1. The highest BCUT2D eigenvalue weighted by Crippen LogP contribution is 2.29. The van der Waals surface area contributed by atoms with Crippen LogP contribution in [0.25, 0.3) is 5.69 Å². The van der Waals surface area contributed by atoms with Crippen LogP contribution < -0.4 is 5.73 Å². The number of benzene rings is 2. The van der Waals surface area contributed by atoms with Crippen molar-refractivity contribution in [2.45, 2.75) is 13.8 Å². The lowest BCUT2D eigenvalue weighted by atomic mass is 10.0. The summed E-state index contributed by atoms with van der Waals surface area (Å²) in [6.45, 7) is 3.91. The number of carbonyl (C=O) groups is 1. The molecule has 2 N–H and O–H groups in total. The van der Waals surface area contributed by atoms with E-state index in [0.717, 1.165) is 21.3 Å². The summed E-state index contributed by atoms with van der Waals surface area (Å²) >= 11 is 3.44. The second-order valence-electron chi connectivity index (χ2n) is 5.91. The van der Waals surface area contributed by atoms with Gasteiger partial charge in [-0.05, 0) is 37.6 Å². The number of hydrogen-bond donors (Lipinski definition) is 1. The lowest BCUT2D eigenvalue weighted by Crippen LogP contribution is -2.11. The summed E-state index contributed by atoms with van der Waals surface area (Å²) in [4.78, 5) is 13.1. The molecule has 25 heavy (non-hydrogen) atoms. The molecule has 0 aliphatic heterocycles. The zero-order valence-electron chi connectivity index (χ0n) is 13.9. The van der Waals surface area contributed by atoms with Crippen LogP contribution in [-0.4, -0.2) is 10.4 Å². The average Bonchev–Trinajstić information content (AvgIpc) is 2.91. The molecule has 0 saturated heterocycles. The molecular weight excluding hydrogens is 378 g/mol. The first-order valence-electron chi connectivity index (χ1n) is 7.71. The van der Waals surface area contributed by atoms with Crippen molar-refractivity contribution in [3.05, 3.63) is 81.1 Å². The number of rotatable bonds is 3. The Morgan fingerprint density at radius 1 is 1.16 bits per heavy atom. The standard InChI is InChI=1S/C20H16BrN3O/c1-12-3-5-14(6-4-12)20(25)19-18(23)15(10-22)11-24(19)17-8-7-16(21)9-13(17)2/h3-9,11H,23H2,1-2H3. The monoisotopic (exact) mass is 393 g/mol. The molecule has 0 aliphatic carbocycles. The van der Waals surface area contributed by atoms with E-state index in [1.165, 1.54) is 0 Å². The van der Waals surface area contributed by atoms with Gasteiger partial charge in [-0.3, -0.25) is 4.79 Å². The van der Waals surface area contributed by atoms with Crippen LogP contribution in [0.1, 0.15) is 32.7 Å². The molecule has 3 aromatic rings. The Morgan fingerprint density at radius 2 is 1.84 bits per heavy atom. The normalized spacial score (nSPS) is 10.5. The largest absolute Gasteiger partial charge is 0.396 e. The fourth-order valence-corrected chi connectivity index (χ4v) is 3.24. The van der Waals surface area contributed by atoms with Crippen molar-refractivity contribution >= 4 is 27.4 Å². The Labute approximate surface area is 154 Å². The fourth-order valence-electron chi connectivity index (χ4n) is 2.76. The van der Waals surface area contributed by atoms with Crippen molar-refractivity contribution in [3.63, 3.8) is 0 Å². The zero-order valence-corrected chi connectivity index (χ0v) is 15.5. The molecule has 0 bridgehead atoms. The van der Waals surface area contributed by atoms with E-state index >= 15 is 0 Å². The van der Waals surface area contributed by atoms with Gasteiger partial charge >= 0.3 is 0 Å². The summed E-state index contributed by atoms with van der Waals surface area (Å²) in [6.07, 6.45) is 1.62. The third-order valence-electron chi connectivity index (χ3n) is 4.11. The maximum Gasteiger partial charge on any atom is 0.211 e. The molecule has 0 saturated carbocycles. The number of hydrogen-bond acceptors (Lipinski definition) is 3. The molecule has 0 unspecified atom stereocenters. The first kappa shape index (κ1) is 17.0. The van der Waals surface area contributed by atoms with Crippen LogP contribution in [0, 0.1) is 25.2 Å². The van der Waals surface area contributed by atoms with E-state index in [-0.39, 0.29) is 17.0 Å². The molecule has 0 aliphatic rings. The van der Waals surface area contributed by atoms with Gasteiger partial charge in [0, 0.05) is 21.9 Å². The van der Waals surface area contributed by atoms with Gasteiger partial charge in [0.2, 0.25) is 5.78 Å². The molecule has 0 fully saturated rings. The van der Waals surface area contributed by atoms with Crippen molar-refractivity contribution in [3.8, 4) is 11.8 Å². The molecule has 3 rings (SSSR count). The Bertz CT molecular complexity index is 1010. The van der Waals surface area contributed by atoms with E-state index in [2.05, 4.69) is 22.0 Å². The Morgan fingerprint density at radius 3 is 2.44 bits per heavy atom. The zero-order chi connectivity index (χ0) is 18.1. The van der Waals surface area contributed by atoms with Crippen LogP contribution in [0.15, 0.2) is 53.1 Å². The molecule has 124 valence electrons. The molecule has 0 spiro atoms. The van der Waals surface area contributed by atoms with Gasteiger partial charge in [0.25, 0.3) is 0 Å². The number of nitrogen functional groups attached to an aromatic ring is 1. The topological polar surface area (TPSA) is 71.8 Å². The Kier molecular flexibility index (Phi) is 4.47. The van der Waals surface area contributed by atoms with Crippen LogP contribution in [0.2, 0.25) is 0 Å². The molecule has 0 amide bonds. The van der Waals surface area contributed by atoms with Gasteiger partial charge in [-0.25, -0.2) is 0 Å². The molecule has 1 heterocycles. The van der Waals surface area contributed by atoms with Crippen molar-refractivity contribution in [2.75, 3.05) is 5.73 Å². The fraction of sp³-hybridized carbons (Fsp3) is 0.100. The van der Waals surface area contributed by atoms with Crippen molar-refractivity contribution < 1.29 is 4.79 Å². The summed E-state index contributed by atoms with van der Waals surface area (Å²) in [5.41, 5.74) is 10.3. The van der Waals surface area contributed by atoms with Crippen LogP contribution in [0.5, 0.6) is 0 Å². The van der Waals surface area contributed by atoms with Crippen LogP contribution in [-0.2, 0) is 0 Å². The van der Waals surface area contributed by atoms with Gasteiger partial charge in [0.05, 0.1) is 11.3 Å². The van der Waals surface area contributed by atoms with Gasteiger partial charge in [-0.1, -0.05) is 45.8 Å². The predicted molar refractivity (Wildman–Crippen MR) is 102 cm³/mol. The Balaban J connectivity index is 2.22. The minimum absolute atomic E-state index is 0.204. The van der Waals surface area contributed by atoms with Gasteiger partial charge in [-0.2, -0.15) is 5.26 Å². The van der Waals surface area contributed by atoms with Gasteiger partial charge < -0.3 is 10.3 Å². The minimum Gasteiger partial charge on any atom is -0.396 e. The highest BCUT2D eigenvalue weighted by atomic mass is 79.9. The molecular formula is C20H16BrN3O. The quantitative estimate of drug-likeness (QED) is 0.663. The number of aromatic nitrogens is 1. The number of nitriles is 1. The molecule has 5 heteroatoms. The van der Waals surface area contributed by atoms with Crippen LogP contribution in [0.4, 0.5) is 5.69 Å². The van der Waals surface area contributed by atoms with Gasteiger partial charge in [0.1, 0.15) is 11.8 Å². The van der Waals surface area contributed by atoms with Gasteiger partial charge in [-0.15, -0.1) is 0 Å². The molecule has 2 aromatic carbocycles. The first-order chi connectivity index (χ1) is 11.9. The molecule has 0 atom stereocenters.